The van der Waals surface area contributed by atoms with Gasteiger partial charge in [0, 0.05) is 25.4 Å². The molecule has 174 valence electrons. The maximum Gasteiger partial charge on any atom is 0.303 e. The number of carbonyl (C=O) groups is 1. The molecule has 0 aliphatic rings. The van der Waals surface area contributed by atoms with E-state index in [2.05, 4.69) is 28.8 Å². The zero-order valence-corrected chi connectivity index (χ0v) is 19.9. The van der Waals surface area contributed by atoms with E-state index >= 15 is 0 Å². The molecule has 0 bridgehead atoms. The van der Waals surface area contributed by atoms with Crippen LogP contribution in [-0.4, -0.2) is 21.4 Å². The molecular weight excluding hydrogens is 374 g/mol. The van der Waals surface area contributed by atoms with Crippen LogP contribution in [0.25, 0.3) is 0 Å². The van der Waals surface area contributed by atoms with Crippen LogP contribution in [0, 0.1) is 13.8 Å². The van der Waals surface area contributed by atoms with Crippen molar-refractivity contribution >= 4 is 5.97 Å². The van der Waals surface area contributed by atoms with Gasteiger partial charge in [0.15, 0.2) is 5.69 Å². The molecule has 0 fully saturated rings. The van der Waals surface area contributed by atoms with Gasteiger partial charge in [0.1, 0.15) is 6.54 Å². The van der Waals surface area contributed by atoms with E-state index in [1.165, 1.54) is 108 Å². The fourth-order valence-electron chi connectivity index (χ4n) is 4.08. The molecule has 0 unspecified atom stereocenters. The van der Waals surface area contributed by atoms with Gasteiger partial charge in [0.25, 0.3) is 0 Å². The number of H-pyrrole nitrogens is 1. The zero-order chi connectivity index (χ0) is 21.9. The molecule has 30 heavy (non-hydrogen) atoms. The van der Waals surface area contributed by atoms with Gasteiger partial charge < -0.3 is 5.11 Å². The minimum absolute atomic E-state index is 0.339. The Labute approximate surface area is 185 Å². The summed E-state index contributed by atoms with van der Waals surface area (Å²) in [6.45, 7) is 5.26. The van der Waals surface area contributed by atoms with Gasteiger partial charge in [0.05, 0.1) is 0 Å². The summed E-state index contributed by atoms with van der Waals surface area (Å²) >= 11 is 0. The van der Waals surface area contributed by atoms with E-state index in [-0.39, 0.29) is 0 Å². The Kier molecular flexibility index (Phi) is 16.3. The quantitative estimate of drug-likeness (QED) is 0.169. The molecule has 0 aliphatic carbocycles. The minimum Gasteiger partial charge on any atom is -0.481 e. The molecule has 0 saturated carbocycles. The number of nitrogens with one attached hydrogen (secondary N) is 1. The number of carboxylic acids is 1. The van der Waals surface area contributed by atoms with Crippen molar-refractivity contribution in [2.24, 2.45) is 0 Å². The maximum atomic E-state index is 10.4. The van der Waals surface area contributed by atoms with E-state index in [1.807, 2.05) is 0 Å². The molecule has 0 saturated heterocycles. The van der Waals surface area contributed by atoms with E-state index in [4.69, 9.17) is 5.11 Å². The van der Waals surface area contributed by atoms with Crippen LogP contribution < -0.4 is 4.68 Å². The summed E-state index contributed by atoms with van der Waals surface area (Å²) < 4.78 is 2.17. The molecule has 2 N–H and O–H groups in total. The monoisotopic (exact) mass is 422 g/mol. The SMILES string of the molecule is Cc1n[nH][n+](CCCCCCCCCCCCCCCCCCCCC(=O)O)c1C. The summed E-state index contributed by atoms with van der Waals surface area (Å²) in [5.41, 5.74) is 2.37. The van der Waals surface area contributed by atoms with E-state index in [0.717, 1.165) is 25.1 Å². The Hall–Kier alpha value is -1.39. The lowest BCUT2D eigenvalue weighted by atomic mass is 10.0. The molecule has 0 spiro atoms. The molecule has 0 aliphatic heterocycles. The third-order valence-corrected chi connectivity index (χ3v) is 6.29. The van der Waals surface area contributed by atoms with Crippen molar-refractivity contribution in [1.29, 1.82) is 0 Å². The zero-order valence-electron chi connectivity index (χ0n) is 19.9. The van der Waals surface area contributed by atoms with Gasteiger partial charge in [-0.3, -0.25) is 4.79 Å². The molecule has 1 aromatic heterocycles. The molecule has 0 amide bonds. The first kappa shape index (κ1) is 26.6. The van der Waals surface area contributed by atoms with Gasteiger partial charge in [0.2, 0.25) is 5.69 Å². The molecule has 0 radical (unpaired) electrons. The summed E-state index contributed by atoms with van der Waals surface area (Å²) in [6.07, 6.45) is 24.0. The maximum absolute atomic E-state index is 10.4. The second-order valence-electron chi connectivity index (χ2n) is 9.04. The van der Waals surface area contributed by atoms with Gasteiger partial charge in [-0.25, -0.2) is 0 Å². The van der Waals surface area contributed by atoms with Crippen LogP contribution in [0.4, 0.5) is 0 Å². The van der Waals surface area contributed by atoms with Gasteiger partial charge in [-0.15, -0.1) is 0 Å². The molecular formula is C25H48N3O2+. The third-order valence-electron chi connectivity index (χ3n) is 6.29. The first-order chi connectivity index (χ1) is 14.6. The molecule has 0 atom stereocenters. The smallest absolute Gasteiger partial charge is 0.303 e. The van der Waals surface area contributed by atoms with Gasteiger partial charge in [-0.1, -0.05) is 102 Å². The lowest BCUT2D eigenvalue weighted by molar-refractivity contribution is -0.759. The standard InChI is InChI=1S/C25H47N3O2/c1-23-24(2)28(27-26-23)22-20-18-16-14-12-10-8-6-4-3-5-7-9-11-13-15-17-19-21-25(29)30/h3-22H2,1-2H3,(H,29,30)/p+1. The Morgan fingerprint density at radius 2 is 1.07 bits per heavy atom. The fraction of sp³-hybridized carbons (Fsp3) is 0.880. The first-order valence-corrected chi connectivity index (χ1v) is 12.7. The number of hydrogen-bond acceptors (Lipinski definition) is 2. The molecule has 1 heterocycles. The topological polar surface area (TPSA) is 69.9 Å². The van der Waals surface area contributed by atoms with Crippen molar-refractivity contribution < 1.29 is 14.6 Å². The van der Waals surface area contributed by atoms with E-state index in [0.29, 0.717) is 6.42 Å². The molecule has 0 aromatic carbocycles. The van der Waals surface area contributed by atoms with Crippen LogP contribution in [0.15, 0.2) is 0 Å². The Balaban J connectivity index is 1.71. The summed E-state index contributed by atoms with van der Waals surface area (Å²) in [4.78, 5) is 10.4. The Morgan fingerprint density at radius 3 is 1.40 bits per heavy atom. The second kappa shape index (κ2) is 18.4. The highest BCUT2D eigenvalue weighted by atomic mass is 16.4. The number of rotatable bonds is 21. The average Bonchev–Trinajstić information content (AvgIpc) is 3.04. The Morgan fingerprint density at radius 1 is 0.700 bits per heavy atom. The van der Waals surface area contributed by atoms with Crippen LogP contribution in [0.2, 0.25) is 0 Å². The van der Waals surface area contributed by atoms with Crippen LogP contribution in [0.3, 0.4) is 0 Å². The van der Waals surface area contributed by atoms with Gasteiger partial charge in [-0.05, 0) is 19.3 Å². The van der Waals surface area contributed by atoms with Gasteiger partial charge in [-0.2, -0.15) is 4.68 Å². The number of carboxylic acid groups (broad SMARTS) is 1. The first-order valence-electron chi connectivity index (χ1n) is 12.7. The predicted molar refractivity (Wildman–Crippen MR) is 124 cm³/mol. The minimum atomic E-state index is -0.656. The number of unbranched alkanes of at least 4 members (excludes halogenated alkanes) is 17. The number of aryl methyl sites for hydroxylation is 2. The molecule has 5 heteroatoms. The number of hydrogen-bond donors (Lipinski definition) is 2. The highest BCUT2D eigenvalue weighted by Crippen LogP contribution is 2.14. The second-order valence-corrected chi connectivity index (χ2v) is 9.04. The summed E-state index contributed by atoms with van der Waals surface area (Å²) in [7, 11) is 0. The van der Waals surface area contributed by atoms with E-state index in [1.54, 1.807) is 0 Å². The number of aromatic nitrogens is 3. The highest BCUT2D eigenvalue weighted by Gasteiger charge is 2.11. The lowest BCUT2D eigenvalue weighted by Gasteiger charge is -2.04. The lowest BCUT2D eigenvalue weighted by Crippen LogP contribution is -2.38. The van der Waals surface area contributed by atoms with E-state index in [9.17, 15) is 4.79 Å². The average molecular weight is 423 g/mol. The van der Waals surface area contributed by atoms with Crippen LogP contribution in [0.5, 0.6) is 0 Å². The van der Waals surface area contributed by atoms with Crippen molar-refractivity contribution in [2.75, 3.05) is 0 Å². The van der Waals surface area contributed by atoms with Crippen LogP contribution >= 0.6 is 0 Å². The van der Waals surface area contributed by atoms with Crippen molar-refractivity contribution in [3.05, 3.63) is 11.4 Å². The van der Waals surface area contributed by atoms with E-state index < -0.39 is 5.97 Å². The van der Waals surface area contributed by atoms with Crippen molar-refractivity contribution in [3.8, 4) is 0 Å². The van der Waals surface area contributed by atoms with Crippen molar-refractivity contribution in [3.63, 3.8) is 0 Å². The van der Waals surface area contributed by atoms with Crippen LogP contribution in [-0.2, 0) is 11.3 Å². The number of nitrogens with zero attached hydrogens (tertiary/aromatic N) is 2. The largest absolute Gasteiger partial charge is 0.481 e. The predicted octanol–water partition coefficient (Wildman–Crippen LogP) is 6.81. The van der Waals surface area contributed by atoms with Crippen LogP contribution in [0.1, 0.15) is 133 Å². The van der Waals surface area contributed by atoms with Gasteiger partial charge >= 0.3 is 5.97 Å². The van der Waals surface area contributed by atoms with Crippen molar-refractivity contribution in [2.45, 2.75) is 142 Å². The third kappa shape index (κ3) is 14.6. The molecule has 1 aromatic rings. The number of aromatic amines is 1. The fourth-order valence-corrected chi connectivity index (χ4v) is 4.08. The number of aliphatic carboxylic acids is 1. The summed E-state index contributed by atoms with van der Waals surface area (Å²) in [5.74, 6) is -0.656. The Bertz CT molecular complexity index is 542. The summed E-state index contributed by atoms with van der Waals surface area (Å²) in [6, 6.07) is 0. The summed E-state index contributed by atoms with van der Waals surface area (Å²) in [5, 5.41) is 15.9. The van der Waals surface area contributed by atoms with Crippen molar-refractivity contribution in [1.82, 2.24) is 10.3 Å². The molecule has 1 rings (SSSR count). The molecule has 5 nitrogen and oxygen atoms in total. The normalized spacial score (nSPS) is 11.3. The highest BCUT2D eigenvalue weighted by molar-refractivity contribution is 5.66.